The van der Waals surface area contributed by atoms with Crippen LogP contribution in [0.5, 0.6) is 11.5 Å². The van der Waals surface area contributed by atoms with Gasteiger partial charge < -0.3 is 15.4 Å². The van der Waals surface area contributed by atoms with Crippen LogP contribution in [0.25, 0.3) is 0 Å². The van der Waals surface area contributed by atoms with Crippen molar-refractivity contribution in [2.45, 2.75) is 13.8 Å². The second kappa shape index (κ2) is 9.04. The summed E-state index contributed by atoms with van der Waals surface area (Å²) in [6.45, 7) is 3.83. The number of hydrogen-bond donors (Lipinski definition) is 2. The Labute approximate surface area is 180 Å². The Morgan fingerprint density at radius 1 is 0.774 bits per heavy atom. The first-order valence-corrected chi connectivity index (χ1v) is 9.73. The SMILES string of the molecule is Cc1cc(Nc2ccc(C(=O)Nc3ccc(Oc4ccnc(C)c4)cn3)cc2)ccn1. The summed E-state index contributed by atoms with van der Waals surface area (Å²) in [5.74, 6) is 1.46. The van der Waals surface area contributed by atoms with Crippen molar-refractivity contribution in [3.63, 3.8) is 0 Å². The highest BCUT2D eigenvalue weighted by molar-refractivity contribution is 6.04. The molecule has 1 amide bonds. The number of hydrogen-bond acceptors (Lipinski definition) is 6. The van der Waals surface area contributed by atoms with E-state index >= 15 is 0 Å². The van der Waals surface area contributed by atoms with Gasteiger partial charge in [-0.25, -0.2) is 4.98 Å². The van der Waals surface area contributed by atoms with Crippen molar-refractivity contribution in [2.75, 3.05) is 10.6 Å². The molecule has 0 aliphatic carbocycles. The Balaban J connectivity index is 1.36. The number of amides is 1. The molecule has 0 bridgehead atoms. The first kappa shape index (κ1) is 20.0. The zero-order chi connectivity index (χ0) is 21.6. The van der Waals surface area contributed by atoms with E-state index in [9.17, 15) is 4.79 Å². The van der Waals surface area contributed by atoms with Crippen molar-refractivity contribution >= 4 is 23.1 Å². The van der Waals surface area contributed by atoms with Crippen molar-refractivity contribution in [1.82, 2.24) is 15.0 Å². The van der Waals surface area contributed by atoms with Crippen LogP contribution in [0.2, 0.25) is 0 Å². The molecule has 4 aromatic rings. The molecule has 0 fully saturated rings. The van der Waals surface area contributed by atoms with Crippen LogP contribution in [0.3, 0.4) is 0 Å². The number of carbonyl (C=O) groups is 1. The maximum Gasteiger partial charge on any atom is 0.256 e. The first-order chi connectivity index (χ1) is 15.0. The Hall–Kier alpha value is -4.26. The number of carbonyl (C=O) groups excluding carboxylic acids is 1. The molecule has 0 radical (unpaired) electrons. The number of benzene rings is 1. The minimum Gasteiger partial charge on any atom is -0.456 e. The van der Waals surface area contributed by atoms with Crippen molar-refractivity contribution in [3.05, 3.63) is 96.2 Å². The molecule has 7 nitrogen and oxygen atoms in total. The largest absolute Gasteiger partial charge is 0.456 e. The predicted octanol–water partition coefficient (Wildman–Crippen LogP) is 5.28. The van der Waals surface area contributed by atoms with Gasteiger partial charge in [0.25, 0.3) is 5.91 Å². The molecule has 0 aliphatic heterocycles. The van der Waals surface area contributed by atoms with Crippen LogP contribution in [-0.2, 0) is 0 Å². The Morgan fingerprint density at radius 2 is 1.52 bits per heavy atom. The molecule has 0 saturated carbocycles. The molecule has 1 aromatic carbocycles. The van der Waals surface area contributed by atoms with Crippen molar-refractivity contribution in [3.8, 4) is 11.5 Å². The average Bonchev–Trinajstić information content (AvgIpc) is 2.76. The third kappa shape index (κ3) is 5.42. The fraction of sp³-hybridized carbons (Fsp3) is 0.0833. The van der Waals surface area contributed by atoms with Gasteiger partial charge in [0.05, 0.1) is 6.20 Å². The van der Waals surface area contributed by atoms with Gasteiger partial charge in [-0.2, -0.15) is 0 Å². The Kier molecular flexibility index (Phi) is 5.84. The zero-order valence-electron chi connectivity index (χ0n) is 17.2. The molecule has 2 N–H and O–H groups in total. The van der Waals surface area contributed by atoms with E-state index in [2.05, 4.69) is 25.6 Å². The van der Waals surface area contributed by atoms with Gasteiger partial charge in [0.15, 0.2) is 0 Å². The van der Waals surface area contributed by atoms with Gasteiger partial charge in [0.1, 0.15) is 17.3 Å². The van der Waals surface area contributed by atoms with E-state index < -0.39 is 0 Å². The summed E-state index contributed by atoms with van der Waals surface area (Å²) in [5.41, 5.74) is 4.16. The number of aromatic nitrogens is 3. The smallest absolute Gasteiger partial charge is 0.256 e. The molecular weight excluding hydrogens is 390 g/mol. The predicted molar refractivity (Wildman–Crippen MR) is 120 cm³/mol. The molecule has 0 spiro atoms. The summed E-state index contributed by atoms with van der Waals surface area (Å²) >= 11 is 0. The van der Waals surface area contributed by atoms with Gasteiger partial charge in [-0.05, 0) is 68.4 Å². The number of ether oxygens (including phenoxy) is 1. The normalized spacial score (nSPS) is 10.4. The fourth-order valence-electron chi connectivity index (χ4n) is 2.92. The molecule has 3 heterocycles. The van der Waals surface area contributed by atoms with E-state index in [0.29, 0.717) is 22.9 Å². The lowest BCUT2D eigenvalue weighted by Gasteiger charge is -2.09. The van der Waals surface area contributed by atoms with Crippen LogP contribution < -0.4 is 15.4 Å². The molecule has 154 valence electrons. The van der Waals surface area contributed by atoms with Crippen LogP contribution in [0.1, 0.15) is 21.7 Å². The first-order valence-electron chi connectivity index (χ1n) is 9.73. The zero-order valence-corrected chi connectivity index (χ0v) is 17.2. The fourth-order valence-corrected chi connectivity index (χ4v) is 2.92. The van der Waals surface area contributed by atoms with E-state index in [-0.39, 0.29) is 5.91 Å². The number of nitrogens with one attached hydrogen (secondary N) is 2. The lowest BCUT2D eigenvalue weighted by Crippen LogP contribution is -2.12. The molecule has 0 unspecified atom stereocenters. The third-order valence-electron chi connectivity index (χ3n) is 4.41. The van der Waals surface area contributed by atoms with Gasteiger partial charge in [0, 0.05) is 46.8 Å². The number of rotatable bonds is 6. The lowest BCUT2D eigenvalue weighted by atomic mass is 10.2. The molecule has 31 heavy (non-hydrogen) atoms. The van der Waals surface area contributed by atoms with Gasteiger partial charge in [-0.1, -0.05) is 0 Å². The maximum atomic E-state index is 12.5. The van der Waals surface area contributed by atoms with Gasteiger partial charge >= 0.3 is 0 Å². The van der Waals surface area contributed by atoms with Crippen molar-refractivity contribution in [2.24, 2.45) is 0 Å². The van der Waals surface area contributed by atoms with Crippen LogP contribution in [0.15, 0.2) is 79.3 Å². The average molecular weight is 411 g/mol. The molecule has 7 heteroatoms. The topological polar surface area (TPSA) is 89.0 Å². The molecule has 4 rings (SSSR count). The van der Waals surface area contributed by atoms with E-state index in [1.807, 2.05) is 44.2 Å². The number of anilines is 3. The number of aryl methyl sites for hydroxylation is 2. The molecule has 0 atom stereocenters. The summed E-state index contributed by atoms with van der Waals surface area (Å²) in [6, 6.07) is 18.1. The van der Waals surface area contributed by atoms with Crippen LogP contribution in [-0.4, -0.2) is 20.9 Å². The number of nitrogens with zero attached hydrogens (tertiary/aromatic N) is 3. The van der Waals surface area contributed by atoms with Crippen molar-refractivity contribution in [1.29, 1.82) is 0 Å². The van der Waals surface area contributed by atoms with Crippen molar-refractivity contribution < 1.29 is 9.53 Å². The molecule has 3 aromatic heterocycles. The molecule has 0 saturated heterocycles. The summed E-state index contributed by atoms with van der Waals surface area (Å²) in [5, 5.41) is 6.08. The summed E-state index contributed by atoms with van der Waals surface area (Å²) in [7, 11) is 0. The summed E-state index contributed by atoms with van der Waals surface area (Å²) in [6.07, 6.45) is 5.00. The second-order valence-corrected chi connectivity index (χ2v) is 6.96. The standard InChI is InChI=1S/C24H21N5O2/c1-16-13-20(9-11-25-16)28-19-5-3-18(4-6-19)24(30)29-23-8-7-22(15-27-23)31-21-10-12-26-17(2)14-21/h3-15H,1-2H3,(H,25,28)(H,27,29,30). The van der Waals surface area contributed by atoms with Crippen LogP contribution in [0, 0.1) is 13.8 Å². The molecular formula is C24H21N5O2. The number of pyridine rings is 3. The van der Waals surface area contributed by atoms with Gasteiger partial charge in [0.2, 0.25) is 0 Å². The van der Waals surface area contributed by atoms with E-state index in [1.54, 1.807) is 48.9 Å². The van der Waals surface area contributed by atoms with E-state index in [4.69, 9.17) is 4.74 Å². The highest BCUT2D eigenvalue weighted by Gasteiger charge is 2.08. The molecule has 0 aliphatic rings. The quantitative estimate of drug-likeness (QED) is 0.449. The summed E-state index contributed by atoms with van der Waals surface area (Å²) in [4.78, 5) is 25.1. The lowest BCUT2D eigenvalue weighted by molar-refractivity contribution is 0.102. The Bertz CT molecular complexity index is 1190. The van der Waals surface area contributed by atoms with E-state index in [1.165, 1.54) is 0 Å². The maximum absolute atomic E-state index is 12.5. The monoisotopic (exact) mass is 411 g/mol. The second-order valence-electron chi connectivity index (χ2n) is 6.96. The van der Waals surface area contributed by atoms with Gasteiger partial charge in [-0.15, -0.1) is 0 Å². The van der Waals surface area contributed by atoms with Crippen LogP contribution in [0.4, 0.5) is 17.2 Å². The van der Waals surface area contributed by atoms with Crippen LogP contribution >= 0.6 is 0 Å². The highest BCUT2D eigenvalue weighted by atomic mass is 16.5. The summed E-state index contributed by atoms with van der Waals surface area (Å²) < 4.78 is 5.75. The van der Waals surface area contributed by atoms with E-state index in [0.717, 1.165) is 22.8 Å². The Morgan fingerprint density at radius 3 is 2.19 bits per heavy atom. The minimum absolute atomic E-state index is 0.239. The minimum atomic E-state index is -0.239. The highest BCUT2D eigenvalue weighted by Crippen LogP contribution is 2.22. The van der Waals surface area contributed by atoms with Gasteiger partial charge in [-0.3, -0.25) is 14.8 Å². The third-order valence-corrected chi connectivity index (χ3v) is 4.41.